The molecule has 110 valence electrons. The van der Waals surface area contributed by atoms with Gasteiger partial charge in [0.25, 0.3) is 5.91 Å². The Hall–Kier alpha value is -2.56. The summed E-state index contributed by atoms with van der Waals surface area (Å²) in [6, 6.07) is 11.4. The maximum Gasteiger partial charge on any atom is 0.253 e. The van der Waals surface area contributed by atoms with Gasteiger partial charge in [0.15, 0.2) is 0 Å². The van der Waals surface area contributed by atoms with E-state index in [4.69, 9.17) is 5.73 Å². The van der Waals surface area contributed by atoms with Crippen LogP contribution in [0.5, 0.6) is 0 Å². The lowest BCUT2D eigenvalue weighted by molar-refractivity contribution is 0.0827. The quantitative estimate of drug-likeness (QED) is 0.883. The fourth-order valence-corrected chi connectivity index (χ4v) is 2.08. The van der Waals surface area contributed by atoms with Crippen LogP contribution in [0.3, 0.4) is 0 Å². The van der Waals surface area contributed by atoms with Crippen molar-refractivity contribution in [3.8, 4) is 0 Å². The molecule has 2 rings (SSSR count). The number of nitrogen functional groups attached to an aromatic ring is 1. The fraction of sp³-hybridized carbons (Fsp3) is 0.188. The summed E-state index contributed by atoms with van der Waals surface area (Å²) in [4.78, 5) is 15.2. The number of anilines is 3. The van der Waals surface area contributed by atoms with E-state index in [1.54, 1.807) is 56.4 Å². The van der Waals surface area contributed by atoms with Gasteiger partial charge in [-0.3, -0.25) is 4.79 Å². The van der Waals surface area contributed by atoms with Crippen molar-refractivity contribution < 1.29 is 9.18 Å². The minimum Gasteiger partial charge on any atom is -0.397 e. The molecule has 0 aromatic heterocycles. The molecule has 4 nitrogen and oxygen atoms in total. The van der Waals surface area contributed by atoms with Crippen LogP contribution in [0, 0.1) is 5.82 Å². The maximum absolute atomic E-state index is 13.3. The van der Waals surface area contributed by atoms with E-state index in [9.17, 15) is 9.18 Å². The smallest absolute Gasteiger partial charge is 0.253 e. The van der Waals surface area contributed by atoms with Gasteiger partial charge in [-0.15, -0.1) is 0 Å². The van der Waals surface area contributed by atoms with E-state index in [1.165, 1.54) is 17.0 Å². The van der Waals surface area contributed by atoms with Crippen molar-refractivity contribution in [2.24, 2.45) is 0 Å². The van der Waals surface area contributed by atoms with Crippen molar-refractivity contribution in [3.63, 3.8) is 0 Å². The Labute approximate surface area is 123 Å². The van der Waals surface area contributed by atoms with Crippen LogP contribution in [-0.2, 0) is 0 Å². The lowest BCUT2D eigenvalue weighted by atomic mass is 10.1. The highest BCUT2D eigenvalue weighted by atomic mass is 19.1. The molecule has 0 aliphatic heterocycles. The Morgan fingerprint density at radius 3 is 2.38 bits per heavy atom. The molecular formula is C16H18FN3O. The molecule has 5 heteroatoms. The summed E-state index contributed by atoms with van der Waals surface area (Å²) in [5.41, 5.74) is 8.43. The molecule has 0 aliphatic carbocycles. The van der Waals surface area contributed by atoms with Crippen molar-refractivity contribution in [2.75, 3.05) is 31.8 Å². The molecular weight excluding hydrogens is 269 g/mol. The number of hydrogen-bond acceptors (Lipinski definition) is 3. The highest BCUT2D eigenvalue weighted by Gasteiger charge is 2.13. The highest BCUT2D eigenvalue weighted by Crippen LogP contribution is 2.30. The summed E-state index contributed by atoms with van der Waals surface area (Å²) in [6.07, 6.45) is 0. The summed E-state index contributed by atoms with van der Waals surface area (Å²) in [5, 5.41) is 0. The molecule has 2 N–H and O–H groups in total. The first-order valence-corrected chi connectivity index (χ1v) is 6.50. The fourth-order valence-electron chi connectivity index (χ4n) is 2.08. The standard InChI is InChI=1S/C16H18FN3O/c1-19(2)16(21)11-7-8-15(14(18)9-11)20(3)13-6-4-5-12(17)10-13/h4-10H,18H2,1-3H3. The van der Waals surface area contributed by atoms with Crippen molar-refractivity contribution >= 4 is 23.0 Å². The molecule has 2 aromatic rings. The molecule has 0 heterocycles. The number of benzene rings is 2. The van der Waals surface area contributed by atoms with Gasteiger partial charge in [-0.2, -0.15) is 0 Å². The van der Waals surface area contributed by atoms with Crippen LogP contribution in [0.1, 0.15) is 10.4 Å². The van der Waals surface area contributed by atoms with Crippen LogP contribution in [0.25, 0.3) is 0 Å². The normalized spacial score (nSPS) is 10.3. The number of rotatable bonds is 3. The molecule has 0 saturated heterocycles. The second-order valence-corrected chi connectivity index (χ2v) is 5.01. The first-order chi connectivity index (χ1) is 9.90. The van der Waals surface area contributed by atoms with Crippen LogP contribution in [0.15, 0.2) is 42.5 Å². The second-order valence-electron chi connectivity index (χ2n) is 5.01. The predicted octanol–water partition coefficient (Wildman–Crippen LogP) is 2.88. The van der Waals surface area contributed by atoms with Crippen LogP contribution in [-0.4, -0.2) is 32.0 Å². The number of hydrogen-bond donors (Lipinski definition) is 1. The third kappa shape index (κ3) is 3.13. The average Bonchev–Trinajstić information content (AvgIpc) is 2.45. The number of carbonyl (C=O) groups excluding carboxylic acids is 1. The summed E-state index contributed by atoms with van der Waals surface area (Å²) >= 11 is 0. The monoisotopic (exact) mass is 287 g/mol. The molecule has 0 unspecified atom stereocenters. The summed E-state index contributed by atoms with van der Waals surface area (Å²) < 4.78 is 13.3. The van der Waals surface area contributed by atoms with E-state index in [2.05, 4.69) is 0 Å². The van der Waals surface area contributed by atoms with Gasteiger partial charge in [-0.25, -0.2) is 4.39 Å². The number of amides is 1. The zero-order valence-corrected chi connectivity index (χ0v) is 12.3. The van der Waals surface area contributed by atoms with Crippen molar-refractivity contribution in [1.29, 1.82) is 0 Å². The molecule has 0 bridgehead atoms. The molecule has 1 amide bonds. The topological polar surface area (TPSA) is 49.6 Å². The van der Waals surface area contributed by atoms with Gasteiger partial charge >= 0.3 is 0 Å². The summed E-state index contributed by atoms with van der Waals surface area (Å²) in [6.45, 7) is 0. The van der Waals surface area contributed by atoms with Crippen LogP contribution in [0.4, 0.5) is 21.5 Å². The molecule has 21 heavy (non-hydrogen) atoms. The number of carbonyl (C=O) groups is 1. The Morgan fingerprint density at radius 1 is 1.10 bits per heavy atom. The molecule has 0 aliphatic rings. The van der Waals surface area contributed by atoms with Crippen LogP contribution in [0.2, 0.25) is 0 Å². The third-order valence-electron chi connectivity index (χ3n) is 3.24. The first kappa shape index (κ1) is 14.8. The maximum atomic E-state index is 13.3. The predicted molar refractivity (Wildman–Crippen MR) is 83.3 cm³/mol. The van der Waals surface area contributed by atoms with Gasteiger partial charge in [0.1, 0.15) is 5.82 Å². The van der Waals surface area contributed by atoms with Crippen LogP contribution < -0.4 is 10.6 Å². The van der Waals surface area contributed by atoms with E-state index in [0.717, 1.165) is 5.69 Å². The Bertz CT molecular complexity index is 670. The minimum absolute atomic E-state index is 0.110. The Balaban J connectivity index is 2.35. The van der Waals surface area contributed by atoms with Gasteiger partial charge in [0.05, 0.1) is 11.4 Å². The van der Waals surface area contributed by atoms with Crippen LogP contribution >= 0.6 is 0 Å². The SMILES string of the molecule is CN(C)C(=O)c1ccc(N(C)c2cccc(F)c2)c(N)c1. The van der Waals surface area contributed by atoms with Gasteiger partial charge < -0.3 is 15.5 Å². The van der Waals surface area contributed by atoms with Gasteiger partial charge in [0, 0.05) is 32.4 Å². The zero-order valence-electron chi connectivity index (χ0n) is 12.3. The largest absolute Gasteiger partial charge is 0.397 e. The van der Waals surface area contributed by atoms with Gasteiger partial charge in [0.2, 0.25) is 0 Å². The third-order valence-corrected chi connectivity index (χ3v) is 3.24. The number of nitrogens with zero attached hydrogens (tertiary/aromatic N) is 2. The lowest BCUT2D eigenvalue weighted by Crippen LogP contribution is -2.22. The Kier molecular flexibility index (Phi) is 4.12. The molecule has 0 fully saturated rings. The van der Waals surface area contributed by atoms with E-state index < -0.39 is 0 Å². The second kappa shape index (κ2) is 5.83. The molecule has 2 aromatic carbocycles. The van der Waals surface area contributed by atoms with E-state index in [1.807, 2.05) is 0 Å². The highest BCUT2D eigenvalue weighted by molar-refractivity contribution is 5.96. The molecule has 0 saturated carbocycles. The minimum atomic E-state index is -0.308. The lowest BCUT2D eigenvalue weighted by Gasteiger charge is -2.22. The van der Waals surface area contributed by atoms with Crippen molar-refractivity contribution in [3.05, 3.63) is 53.8 Å². The summed E-state index contributed by atoms with van der Waals surface area (Å²) in [5.74, 6) is -0.418. The number of nitrogens with two attached hydrogens (primary N) is 1. The van der Waals surface area contributed by atoms with Crippen molar-refractivity contribution in [1.82, 2.24) is 4.90 Å². The average molecular weight is 287 g/mol. The molecule has 0 atom stereocenters. The van der Waals surface area contributed by atoms with Crippen molar-refractivity contribution in [2.45, 2.75) is 0 Å². The molecule has 0 spiro atoms. The summed E-state index contributed by atoms with van der Waals surface area (Å²) in [7, 11) is 5.17. The van der Waals surface area contributed by atoms with E-state index in [0.29, 0.717) is 16.9 Å². The molecule has 0 radical (unpaired) electrons. The van der Waals surface area contributed by atoms with Gasteiger partial charge in [-0.1, -0.05) is 6.07 Å². The van der Waals surface area contributed by atoms with Gasteiger partial charge in [-0.05, 0) is 36.4 Å². The number of halogens is 1. The zero-order chi connectivity index (χ0) is 15.6. The van der Waals surface area contributed by atoms with E-state index >= 15 is 0 Å². The Morgan fingerprint density at radius 2 is 1.81 bits per heavy atom. The van der Waals surface area contributed by atoms with E-state index in [-0.39, 0.29) is 11.7 Å². The first-order valence-electron chi connectivity index (χ1n) is 6.50.